The Morgan fingerprint density at radius 2 is 1.83 bits per heavy atom. The number of ketones is 1. The first-order valence-electron chi connectivity index (χ1n) is 4.08. The fraction of sp³-hybridized carbons (Fsp3) is 0.778. The van der Waals surface area contributed by atoms with Crippen molar-refractivity contribution in [2.75, 3.05) is 0 Å². The lowest BCUT2D eigenvalue weighted by molar-refractivity contribution is -0.157. The Labute approximate surface area is 73.1 Å². The van der Waals surface area contributed by atoms with E-state index in [0.717, 1.165) is 0 Å². The van der Waals surface area contributed by atoms with Gasteiger partial charge in [-0.2, -0.15) is 0 Å². The second-order valence-corrected chi connectivity index (χ2v) is 3.28. The maximum Gasteiger partial charge on any atom is 0.303 e. The van der Waals surface area contributed by atoms with Crippen LogP contribution >= 0.6 is 0 Å². The summed E-state index contributed by atoms with van der Waals surface area (Å²) in [5.74, 6) is -0.291. The molecule has 70 valence electrons. The van der Waals surface area contributed by atoms with Gasteiger partial charge >= 0.3 is 5.97 Å². The molecule has 0 aromatic rings. The van der Waals surface area contributed by atoms with Crippen LogP contribution in [-0.2, 0) is 14.3 Å². The quantitative estimate of drug-likeness (QED) is 0.606. The van der Waals surface area contributed by atoms with E-state index in [9.17, 15) is 9.59 Å². The van der Waals surface area contributed by atoms with Gasteiger partial charge in [0.1, 0.15) is 11.4 Å². The molecule has 0 heterocycles. The minimum absolute atomic E-state index is 0.0422. The Morgan fingerprint density at radius 1 is 1.33 bits per heavy atom. The summed E-state index contributed by atoms with van der Waals surface area (Å²) in [5.41, 5.74) is -0.613. The zero-order valence-electron chi connectivity index (χ0n) is 8.14. The number of esters is 1. The van der Waals surface area contributed by atoms with Gasteiger partial charge in [-0.3, -0.25) is 9.59 Å². The lowest BCUT2D eigenvalue weighted by atomic mass is 9.97. The van der Waals surface area contributed by atoms with Crippen LogP contribution in [-0.4, -0.2) is 17.4 Å². The van der Waals surface area contributed by atoms with Gasteiger partial charge in [0, 0.05) is 13.3 Å². The van der Waals surface area contributed by atoms with Crippen molar-refractivity contribution in [1.29, 1.82) is 0 Å². The summed E-state index contributed by atoms with van der Waals surface area (Å²) in [6.07, 6.45) is 0.954. The Balaban J connectivity index is 4.23. The Kier molecular flexibility index (Phi) is 3.93. The standard InChI is InChI=1S/C9H16O3/c1-5-9(4,6-7(2)10)12-8(3)11/h5-6H2,1-4H3. The predicted octanol–water partition coefficient (Wildman–Crippen LogP) is 1.70. The highest BCUT2D eigenvalue weighted by Crippen LogP contribution is 2.20. The first-order chi connectivity index (χ1) is 5.39. The Hall–Kier alpha value is -0.860. The molecule has 0 rings (SSSR count). The summed E-state index contributed by atoms with van der Waals surface area (Å²) >= 11 is 0. The normalized spacial score (nSPS) is 15.0. The van der Waals surface area contributed by atoms with Crippen molar-refractivity contribution in [3.05, 3.63) is 0 Å². The van der Waals surface area contributed by atoms with E-state index in [0.29, 0.717) is 12.8 Å². The molecule has 0 spiro atoms. The molecule has 0 aliphatic carbocycles. The van der Waals surface area contributed by atoms with Gasteiger partial charge in [-0.15, -0.1) is 0 Å². The summed E-state index contributed by atoms with van der Waals surface area (Å²) in [7, 11) is 0. The van der Waals surface area contributed by atoms with E-state index in [1.54, 1.807) is 6.92 Å². The second kappa shape index (κ2) is 4.24. The molecule has 0 bridgehead atoms. The summed E-state index contributed by atoms with van der Waals surface area (Å²) in [4.78, 5) is 21.5. The van der Waals surface area contributed by atoms with Gasteiger partial charge in [0.15, 0.2) is 0 Å². The van der Waals surface area contributed by atoms with E-state index in [4.69, 9.17) is 4.74 Å². The van der Waals surface area contributed by atoms with E-state index < -0.39 is 5.60 Å². The third kappa shape index (κ3) is 4.11. The number of ether oxygens (including phenoxy) is 1. The highest BCUT2D eigenvalue weighted by Gasteiger charge is 2.26. The van der Waals surface area contributed by atoms with Crippen LogP contribution in [0.5, 0.6) is 0 Å². The molecular weight excluding hydrogens is 156 g/mol. The van der Waals surface area contributed by atoms with Gasteiger partial charge in [0.25, 0.3) is 0 Å². The number of hydrogen-bond donors (Lipinski definition) is 0. The molecule has 0 saturated heterocycles. The third-order valence-electron chi connectivity index (χ3n) is 1.76. The lowest BCUT2D eigenvalue weighted by Crippen LogP contribution is -2.32. The van der Waals surface area contributed by atoms with Crippen molar-refractivity contribution in [3.8, 4) is 0 Å². The fourth-order valence-corrected chi connectivity index (χ4v) is 1.11. The minimum Gasteiger partial charge on any atom is -0.459 e. The van der Waals surface area contributed by atoms with Gasteiger partial charge in [0.2, 0.25) is 0 Å². The Bertz CT molecular complexity index is 168. The number of rotatable bonds is 4. The van der Waals surface area contributed by atoms with Crippen LogP contribution in [0.25, 0.3) is 0 Å². The first kappa shape index (κ1) is 11.1. The van der Waals surface area contributed by atoms with Crippen molar-refractivity contribution in [2.45, 2.75) is 46.1 Å². The van der Waals surface area contributed by atoms with Crippen LogP contribution in [0.2, 0.25) is 0 Å². The van der Waals surface area contributed by atoms with Crippen LogP contribution in [0.1, 0.15) is 40.5 Å². The SMILES string of the molecule is CCC(C)(CC(C)=O)OC(C)=O. The lowest BCUT2D eigenvalue weighted by Gasteiger charge is -2.26. The highest BCUT2D eigenvalue weighted by molar-refractivity contribution is 5.77. The summed E-state index contributed by atoms with van der Waals surface area (Å²) < 4.78 is 5.04. The number of Topliss-reactive ketones (excluding diaryl/α,β-unsaturated/α-hetero) is 1. The molecule has 1 atom stereocenters. The van der Waals surface area contributed by atoms with E-state index in [-0.39, 0.29) is 11.8 Å². The van der Waals surface area contributed by atoms with Crippen molar-refractivity contribution in [3.63, 3.8) is 0 Å². The molecule has 12 heavy (non-hydrogen) atoms. The van der Waals surface area contributed by atoms with Crippen molar-refractivity contribution >= 4 is 11.8 Å². The summed E-state index contributed by atoms with van der Waals surface area (Å²) in [5, 5.41) is 0. The molecule has 0 aromatic carbocycles. The molecule has 0 amide bonds. The molecule has 0 aliphatic heterocycles. The van der Waals surface area contributed by atoms with Gasteiger partial charge in [-0.1, -0.05) is 6.92 Å². The molecule has 1 unspecified atom stereocenters. The molecular formula is C9H16O3. The second-order valence-electron chi connectivity index (χ2n) is 3.28. The van der Waals surface area contributed by atoms with Crippen molar-refractivity contribution < 1.29 is 14.3 Å². The molecule has 3 nitrogen and oxygen atoms in total. The van der Waals surface area contributed by atoms with E-state index >= 15 is 0 Å². The topological polar surface area (TPSA) is 43.4 Å². The van der Waals surface area contributed by atoms with E-state index in [1.807, 2.05) is 6.92 Å². The zero-order valence-corrected chi connectivity index (χ0v) is 8.14. The largest absolute Gasteiger partial charge is 0.459 e. The van der Waals surface area contributed by atoms with Gasteiger partial charge in [-0.05, 0) is 20.3 Å². The number of carbonyl (C=O) groups is 2. The summed E-state index contributed by atoms with van der Waals surface area (Å²) in [6.45, 7) is 6.52. The Morgan fingerprint density at radius 3 is 2.08 bits per heavy atom. The molecule has 0 N–H and O–H groups in total. The van der Waals surface area contributed by atoms with Crippen LogP contribution in [0, 0.1) is 0 Å². The number of hydrogen-bond acceptors (Lipinski definition) is 3. The van der Waals surface area contributed by atoms with Crippen molar-refractivity contribution in [2.24, 2.45) is 0 Å². The zero-order chi connectivity index (χ0) is 9.78. The predicted molar refractivity (Wildman–Crippen MR) is 45.8 cm³/mol. The molecule has 0 aliphatic rings. The van der Waals surface area contributed by atoms with Gasteiger partial charge < -0.3 is 4.74 Å². The maximum absolute atomic E-state index is 10.8. The average Bonchev–Trinajstić information content (AvgIpc) is 1.83. The van der Waals surface area contributed by atoms with Crippen LogP contribution < -0.4 is 0 Å². The van der Waals surface area contributed by atoms with Crippen molar-refractivity contribution in [1.82, 2.24) is 0 Å². The van der Waals surface area contributed by atoms with Gasteiger partial charge in [-0.25, -0.2) is 0 Å². The molecule has 0 aromatic heterocycles. The summed E-state index contributed by atoms with van der Waals surface area (Å²) in [6, 6.07) is 0. The fourth-order valence-electron chi connectivity index (χ4n) is 1.11. The average molecular weight is 172 g/mol. The maximum atomic E-state index is 10.8. The molecule has 3 heteroatoms. The first-order valence-corrected chi connectivity index (χ1v) is 4.08. The van der Waals surface area contributed by atoms with E-state index in [2.05, 4.69) is 0 Å². The molecule has 0 radical (unpaired) electrons. The van der Waals surface area contributed by atoms with Crippen LogP contribution in [0.4, 0.5) is 0 Å². The van der Waals surface area contributed by atoms with Crippen LogP contribution in [0.15, 0.2) is 0 Å². The minimum atomic E-state index is -0.613. The highest BCUT2D eigenvalue weighted by atomic mass is 16.6. The smallest absolute Gasteiger partial charge is 0.303 e. The monoisotopic (exact) mass is 172 g/mol. The third-order valence-corrected chi connectivity index (χ3v) is 1.76. The number of carbonyl (C=O) groups excluding carboxylic acids is 2. The molecule has 0 saturated carbocycles. The van der Waals surface area contributed by atoms with Gasteiger partial charge in [0.05, 0.1) is 0 Å². The molecule has 0 fully saturated rings. The van der Waals surface area contributed by atoms with Crippen LogP contribution in [0.3, 0.4) is 0 Å². The van der Waals surface area contributed by atoms with E-state index in [1.165, 1.54) is 13.8 Å².